The van der Waals surface area contributed by atoms with Crippen LogP contribution in [0.2, 0.25) is 0 Å². The van der Waals surface area contributed by atoms with Crippen molar-refractivity contribution in [2.45, 2.75) is 25.7 Å². The number of aromatic nitrogens is 1. The summed E-state index contributed by atoms with van der Waals surface area (Å²) in [4.78, 5) is 0. The number of nitrogens with two attached hydrogens (primary N) is 1. The highest BCUT2D eigenvalue weighted by Gasteiger charge is 2.21. The van der Waals surface area contributed by atoms with Crippen LogP contribution in [-0.2, 0) is 0 Å². The number of aryl methyl sites for hydroxylation is 1. The van der Waals surface area contributed by atoms with Crippen molar-refractivity contribution in [2.24, 2.45) is 0 Å². The zero-order valence-corrected chi connectivity index (χ0v) is 8.99. The fourth-order valence-electron chi connectivity index (χ4n) is 2.15. The highest BCUT2D eigenvalue weighted by molar-refractivity contribution is 5.38. The first kappa shape index (κ1) is 10.2. The average Bonchev–Trinajstić information content (AvgIpc) is 2.27. The van der Waals surface area contributed by atoms with E-state index in [4.69, 9.17) is 5.73 Å². The topological polar surface area (TPSA) is 65.0 Å². The predicted molar refractivity (Wildman–Crippen MR) is 59.4 cm³/mol. The maximum absolute atomic E-state index is 11.6. The molecule has 82 valence electrons. The summed E-state index contributed by atoms with van der Waals surface area (Å²) in [5.41, 5.74) is 7.51. The van der Waals surface area contributed by atoms with E-state index in [0.29, 0.717) is 17.4 Å². The summed E-state index contributed by atoms with van der Waals surface area (Å²) in [7, 11) is 0. The molecule has 15 heavy (non-hydrogen) atoms. The van der Waals surface area contributed by atoms with Gasteiger partial charge in [-0.3, -0.25) is 5.73 Å². The van der Waals surface area contributed by atoms with Gasteiger partial charge in [-0.2, -0.15) is 0 Å². The van der Waals surface area contributed by atoms with Gasteiger partial charge in [-0.1, -0.05) is 0 Å². The number of nitrogen functional groups attached to an aromatic ring is 1. The predicted octanol–water partition coefficient (Wildman–Crippen LogP) is 0.678. The third-order valence-corrected chi connectivity index (χ3v) is 3.12. The number of anilines is 1. The van der Waals surface area contributed by atoms with Gasteiger partial charge in [0, 0.05) is 5.56 Å². The Balaban J connectivity index is 2.31. The van der Waals surface area contributed by atoms with E-state index in [1.54, 1.807) is 6.92 Å². The summed E-state index contributed by atoms with van der Waals surface area (Å²) in [6.07, 6.45) is 2.13. The molecule has 4 nitrogen and oxygen atoms in total. The first-order valence-corrected chi connectivity index (χ1v) is 5.39. The summed E-state index contributed by atoms with van der Waals surface area (Å²) >= 11 is 0. The molecular weight excluding hydrogens is 190 g/mol. The molecule has 0 radical (unpaired) electrons. The SMILES string of the molecule is Cc1ccc(C2CCNCC2)c(N)[n+]1[O-]. The van der Waals surface area contributed by atoms with Crippen LogP contribution in [0.5, 0.6) is 0 Å². The van der Waals surface area contributed by atoms with E-state index in [9.17, 15) is 5.21 Å². The molecule has 0 aromatic carbocycles. The minimum atomic E-state index is 0.377. The van der Waals surface area contributed by atoms with E-state index in [-0.39, 0.29) is 0 Å². The van der Waals surface area contributed by atoms with E-state index in [1.807, 2.05) is 12.1 Å². The Kier molecular flexibility index (Phi) is 2.77. The molecule has 0 amide bonds. The number of rotatable bonds is 1. The Labute approximate surface area is 89.7 Å². The van der Waals surface area contributed by atoms with Gasteiger partial charge >= 0.3 is 0 Å². The summed E-state index contributed by atoms with van der Waals surface area (Å²) in [5, 5.41) is 14.9. The Morgan fingerprint density at radius 3 is 2.73 bits per heavy atom. The van der Waals surface area contributed by atoms with E-state index in [1.165, 1.54) is 0 Å². The Hall–Kier alpha value is -1.29. The summed E-state index contributed by atoms with van der Waals surface area (Å²) < 4.78 is 0.831. The number of hydrogen-bond donors (Lipinski definition) is 2. The number of nitrogens with zero attached hydrogens (tertiary/aromatic N) is 1. The molecule has 1 aliphatic rings. The van der Waals surface area contributed by atoms with Crippen LogP contribution < -0.4 is 15.8 Å². The molecule has 0 saturated carbocycles. The molecule has 0 bridgehead atoms. The second-order valence-electron chi connectivity index (χ2n) is 4.13. The maximum atomic E-state index is 11.6. The highest BCUT2D eigenvalue weighted by atomic mass is 16.5. The lowest BCUT2D eigenvalue weighted by molar-refractivity contribution is -0.597. The molecular formula is C11H17N3O. The van der Waals surface area contributed by atoms with Gasteiger partial charge in [-0.15, -0.1) is 0 Å². The summed E-state index contributed by atoms with van der Waals surface area (Å²) in [5.74, 6) is 0.814. The lowest BCUT2D eigenvalue weighted by Crippen LogP contribution is -2.36. The molecule has 1 saturated heterocycles. The van der Waals surface area contributed by atoms with Crippen molar-refractivity contribution in [3.05, 3.63) is 28.6 Å². The Morgan fingerprint density at radius 1 is 1.40 bits per heavy atom. The van der Waals surface area contributed by atoms with Crippen LogP contribution in [0.3, 0.4) is 0 Å². The second-order valence-corrected chi connectivity index (χ2v) is 4.13. The van der Waals surface area contributed by atoms with Gasteiger partial charge in [0.25, 0.3) is 5.82 Å². The first-order valence-electron chi connectivity index (χ1n) is 5.39. The van der Waals surface area contributed by atoms with Crippen molar-refractivity contribution in [1.82, 2.24) is 5.32 Å². The van der Waals surface area contributed by atoms with Crippen LogP contribution in [0.4, 0.5) is 5.82 Å². The van der Waals surface area contributed by atoms with E-state index >= 15 is 0 Å². The Morgan fingerprint density at radius 2 is 2.07 bits per heavy atom. The molecule has 2 rings (SSSR count). The van der Waals surface area contributed by atoms with Crippen LogP contribution in [0.25, 0.3) is 0 Å². The van der Waals surface area contributed by atoms with Crippen molar-refractivity contribution < 1.29 is 4.73 Å². The molecule has 0 atom stereocenters. The van der Waals surface area contributed by atoms with Gasteiger partial charge in [-0.25, -0.2) is 4.73 Å². The fraction of sp³-hybridized carbons (Fsp3) is 0.545. The monoisotopic (exact) mass is 207 g/mol. The Bertz CT molecular complexity index is 359. The van der Waals surface area contributed by atoms with Crippen LogP contribution in [0, 0.1) is 12.1 Å². The number of nitrogens with one attached hydrogen (secondary N) is 1. The second kappa shape index (κ2) is 4.06. The van der Waals surface area contributed by atoms with E-state index < -0.39 is 0 Å². The molecule has 4 heteroatoms. The lowest BCUT2D eigenvalue weighted by Gasteiger charge is -2.24. The zero-order valence-electron chi connectivity index (χ0n) is 8.99. The van der Waals surface area contributed by atoms with Crippen molar-refractivity contribution in [1.29, 1.82) is 0 Å². The van der Waals surface area contributed by atoms with Crippen molar-refractivity contribution >= 4 is 5.82 Å². The summed E-state index contributed by atoms with van der Waals surface area (Å²) in [6, 6.07) is 3.84. The van der Waals surface area contributed by atoms with E-state index in [0.717, 1.165) is 36.2 Å². The zero-order chi connectivity index (χ0) is 10.8. The van der Waals surface area contributed by atoms with Gasteiger partial charge in [0.15, 0.2) is 0 Å². The van der Waals surface area contributed by atoms with Gasteiger partial charge in [0.05, 0.1) is 0 Å². The molecule has 0 spiro atoms. The molecule has 1 aliphatic heterocycles. The average molecular weight is 207 g/mol. The quantitative estimate of drug-likeness (QED) is 0.525. The third kappa shape index (κ3) is 1.90. The van der Waals surface area contributed by atoms with Crippen LogP contribution in [0.15, 0.2) is 12.1 Å². The highest BCUT2D eigenvalue weighted by Crippen LogP contribution is 2.27. The fourth-order valence-corrected chi connectivity index (χ4v) is 2.15. The molecule has 3 N–H and O–H groups in total. The normalized spacial score (nSPS) is 17.9. The van der Waals surface area contributed by atoms with Gasteiger partial charge in [0.1, 0.15) is 5.69 Å². The smallest absolute Gasteiger partial charge is 0.279 e. The van der Waals surface area contributed by atoms with Crippen molar-refractivity contribution in [3.8, 4) is 0 Å². The van der Waals surface area contributed by atoms with Crippen molar-refractivity contribution in [3.63, 3.8) is 0 Å². The number of piperidine rings is 1. The first-order chi connectivity index (χ1) is 7.20. The van der Waals surface area contributed by atoms with Crippen LogP contribution in [-0.4, -0.2) is 13.1 Å². The third-order valence-electron chi connectivity index (χ3n) is 3.12. The standard InChI is InChI=1S/C11H17N3O/c1-8-2-3-10(11(12)14(8)15)9-4-6-13-7-5-9/h2-3,9,13H,4-7,12H2,1H3. The van der Waals surface area contributed by atoms with Crippen LogP contribution in [0.1, 0.15) is 30.0 Å². The van der Waals surface area contributed by atoms with Crippen LogP contribution >= 0.6 is 0 Å². The van der Waals surface area contributed by atoms with Gasteiger partial charge < -0.3 is 10.5 Å². The molecule has 0 aliphatic carbocycles. The minimum Gasteiger partial charge on any atom is -0.710 e. The molecule has 0 unspecified atom stereocenters. The largest absolute Gasteiger partial charge is 0.710 e. The number of pyridine rings is 1. The van der Waals surface area contributed by atoms with Gasteiger partial charge in [0.2, 0.25) is 0 Å². The molecule has 1 aromatic rings. The summed E-state index contributed by atoms with van der Waals surface area (Å²) in [6.45, 7) is 3.79. The van der Waals surface area contributed by atoms with E-state index in [2.05, 4.69) is 5.32 Å². The maximum Gasteiger partial charge on any atom is 0.279 e. The lowest BCUT2D eigenvalue weighted by atomic mass is 9.90. The minimum absolute atomic E-state index is 0.377. The molecule has 2 heterocycles. The molecule has 1 fully saturated rings. The number of hydrogen-bond acceptors (Lipinski definition) is 3. The molecule has 1 aromatic heterocycles. The van der Waals surface area contributed by atoms with Gasteiger partial charge in [-0.05, 0) is 50.9 Å². The van der Waals surface area contributed by atoms with Crippen molar-refractivity contribution in [2.75, 3.05) is 18.8 Å².